The molecule has 0 spiro atoms. The molecule has 17 heavy (non-hydrogen) atoms. The Morgan fingerprint density at radius 3 is 2.47 bits per heavy atom. The van der Waals surface area contributed by atoms with E-state index in [0.29, 0.717) is 0 Å². The molecule has 0 aliphatic heterocycles. The van der Waals surface area contributed by atoms with Crippen LogP contribution in [0.1, 0.15) is 16.8 Å². The first-order valence-corrected chi connectivity index (χ1v) is 6.34. The first-order valence-electron chi connectivity index (χ1n) is 5.55. The highest BCUT2D eigenvalue weighted by molar-refractivity contribution is 9.10. The largest absolute Gasteiger partial charge is 0.379 e. The predicted octanol–water partition coefficient (Wildman–Crippen LogP) is 3.41. The number of nitrogens with one attached hydrogen (secondary N) is 1. The summed E-state index contributed by atoms with van der Waals surface area (Å²) in [5.41, 5.74) is 4.81. The van der Waals surface area contributed by atoms with Crippen molar-refractivity contribution >= 4 is 21.6 Å². The maximum Gasteiger partial charge on any atom is 0.0571 e. The zero-order valence-electron chi connectivity index (χ0n) is 10.3. The van der Waals surface area contributed by atoms with Crippen molar-refractivity contribution in [3.05, 3.63) is 45.7 Å². The van der Waals surface area contributed by atoms with Gasteiger partial charge in [0.1, 0.15) is 0 Å². The van der Waals surface area contributed by atoms with Gasteiger partial charge in [0.2, 0.25) is 0 Å². The molecule has 2 aromatic rings. The second-order valence-electron chi connectivity index (χ2n) is 4.22. The second kappa shape index (κ2) is 4.92. The molecule has 1 aromatic heterocycles. The molecule has 2 rings (SSSR count). The quantitative estimate of drug-likeness (QED) is 0.940. The van der Waals surface area contributed by atoms with E-state index in [2.05, 4.69) is 52.3 Å². The smallest absolute Gasteiger partial charge is 0.0571 e. The minimum absolute atomic E-state index is 0.789. The average molecular weight is 294 g/mol. The third kappa shape index (κ3) is 2.69. The number of aromatic nitrogens is 2. The summed E-state index contributed by atoms with van der Waals surface area (Å²) in [4.78, 5) is 0. The number of anilines is 1. The van der Waals surface area contributed by atoms with Crippen molar-refractivity contribution < 1.29 is 0 Å². The highest BCUT2D eigenvalue weighted by atomic mass is 79.9. The number of hydrogen-bond acceptors (Lipinski definition) is 2. The van der Waals surface area contributed by atoms with Crippen molar-refractivity contribution in [3.8, 4) is 0 Å². The summed E-state index contributed by atoms with van der Waals surface area (Å²) in [5.74, 6) is 0. The lowest BCUT2D eigenvalue weighted by Gasteiger charge is -2.10. The van der Waals surface area contributed by atoms with Crippen LogP contribution in [0.2, 0.25) is 0 Å². The normalized spacial score (nSPS) is 10.6. The predicted molar refractivity (Wildman–Crippen MR) is 74.2 cm³/mol. The lowest BCUT2D eigenvalue weighted by Crippen LogP contribution is -2.05. The summed E-state index contributed by atoms with van der Waals surface area (Å²) >= 11 is 3.57. The van der Waals surface area contributed by atoms with Crippen LogP contribution in [-0.4, -0.2) is 9.78 Å². The summed E-state index contributed by atoms with van der Waals surface area (Å²) in [6.45, 7) is 5.00. The lowest BCUT2D eigenvalue weighted by molar-refractivity contribution is 0.720. The maximum absolute atomic E-state index is 4.15. The zero-order valence-corrected chi connectivity index (χ0v) is 11.9. The summed E-state index contributed by atoms with van der Waals surface area (Å²) in [5, 5.41) is 7.56. The van der Waals surface area contributed by atoms with Crippen LogP contribution in [0, 0.1) is 13.8 Å². The van der Waals surface area contributed by atoms with Crippen LogP contribution in [0.4, 0.5) is 5.69 Å². The Balaban J connectivity index is 2.12. The molecule has 0 saturated carbocycles. The van der Waals surface area contributed by atoms with E-state index >= 15 is 0 Å². The summed E-state index contributed by atoms with van der Waals surface area (Å²) in [7, 11) is 1.95. The van der Waals surface area contributed by atoms with Gasteiger partial charge >= 0.3 is 0 Å². The van der Waals surface area contributed by atoms with Gasteiger partial charge in [0.25, 0.3) is 0 Å². The van der Waals surface area contributed by atoms with E-state index in [1.54, 1.807) is 0 Å². The van der Waals surface area contributed by atoms with Gasteiger partial charge in [-0.3, -0.25) is 4.68 Å². The first kappa shape index (κ1) is 12.2. The van der Waals surface area contributed by atoms with Gasteiger partial charge in [-0.05, 0) is 43.2 Å². The molecular formula is C13H16BrN3. The number of hydrogen-bond donors (Lipinski definition) is 1. The number of aryl methyl sites for hydroxylation is 3. The molecule has 0 atom stereocenters. The number of benzene rings is 1. The Bertz CT molecular complexity index is 508. The Labute approximate surface area is 110 Å². The third-order valence-corrected chi connectivity index (χ3v) is 4.08. The number of rotatable bonds is 3. The van der Waals surface area contributed by atoms with Crippen LogP contribution in [0.25, 0.3) is 0 Å². The van der Waals surface area contributed by atoms with Gasteiger partial charge in [-0.15, -0.1) is 0 Å². The van der Waals surface area contributed by atoms with E-state index in [1.807, 2.05) is 24.0 Å². The van der Waals surface area contributed by atoms with E-state index in [0.717, 1.165) is 12.2 Å². The fourth-order valence-electron chi connectivity index (χ4n) is 1.82. The molecule has 3 nitrogen and oxygen atoms in total. The van der Waals surface area contributed by atoms with Gasteiger partial charge < -0.3 is 5.32 Å². The fraction of sp³-hybridized carbons (Fsp3) is 0.308. The summed E-state index contributed by atoms with van der Waals surface area (Å²) in [6.07, 6.45) is 1.81. The van der Waals surface area contributed by atoms with E-state index in [1.165, 1.54) is 21.3 Å². The minimum atomic E-state index is 0.789. The average Bonchev–Trinajstić information content (AvgIpc) is 2.69. The molecule has 1 heterocycles. The van der Waals surface area contributed by atoms with Crippen molar-refractivity contribution in [2.45, 2.75) is 20.4 Å². The Morgan fingerprint density at radius 1 is 1.29 bits per heavy atom. The van der Waals surface area contributed by atoms with Crippen molar-refractivity contribution in [3.63, 3.8) is 0 Å². The Hall–Kier alpha value is -1.29. The number of nitrogens with zero attached hydrogens (tertiary/aromatic N) is 2. The topological polar surface area (TPSA) is 29.9 Å². The van der Waals surface area contributed by atoms with Gasteiger partial charge in [-0.2, -0.15) is 5.10 Å². The number of halogens is 1. The maximum atomic E-state index is 4.15. The minimum Gasteiger partial charge on any atom is -0.379 e. The molecule has 0 saturated heterocycles. The van der Waals surface area contributed by atoms with Crippen LogP contribution in [0.5, 0.6) is 0 Å². The van der Waals surface area contributed by atoms with Crippen molar-refractivity contribution in [1.29, 1.82) is 0 Å². The SMILES string of the molecule is Cc1cc(NCc2ccnn2C)cc(C)c1Br. The third-order valence-electron chi connectivity index (χ3n) is 2.83. The highest BCUT2D eigenvalue weighted by Gasteiger charge is 2.03. The molecule has 0 aliphatic rings. The molecule has 90 valence electrons. The molecule has 0 bridgehead atoms. The van der Waals surface area contributed by atoms with Crippen LogP contribution < -0.4 is 5.32 Å². The fourth-order valence-corrected chi connectivity index (χ4v) is 2.04. The molecule has 0 amide bonds. The van der Waals surface area contributed by atoms with Crippen molar-refractivity contribution in [1.82, 2.24) is 9.78 Å². The van der Waals surface area contributed by atoms with Gasteiger partial charge in [-0.25, -0.2) is 0 Å². The Morgan fingerprint density at radius 2 is 1.94 bits per heavy atom. The molecule has 4 heteroatoms. The molecule has 0 unspecified atom stereocenters. The van der Waals surface area contributed by atoms with Crippen LogP contribution in [0.3, 0.4) is 0 Å². The van der Waals surface area contributed by atoms with Crippen molar-refractivity contribution in [2.24, 2.45) is 7.05 Å². The first-order chi connectivity index (χ1) is 8.08. The Kier molecular flexibility index (Phi) is 3.52. The van der Waals surface area contributed by atoms with Crippen LogP contribution >= 0.6 is 15.9 Å². The van der Waals surface area contributed by atoms with E-state index < -0.39 is 0 Å². The lowest BCUT2D eigenvalue weighted by atomic mass is 10.1. The molecule has 0 aliphatic carbocycles. The van der Waals surface area contributed by atoms with Crippen LogP contribution in [-0.2, 0) is 13.6 Å². The summed E-state index contributed by atoms with van der Waals surface area (Å²) < 4.78 is 3.06. The summed E-state index contributed by atoms with van der Waals surface area (Å²) in [6, 6.07) is 6.31. The molecule has 0 fully saturated rings. The monoisotopic (exact) mass is 293 g/mol. The van der Waals surface area contributed by atoms with Gasteiger partial charge in [0.15, 0.2) is 0 Å². The van der Waals surface area contributed by atoms with Crippen LogP contribution in [0.15, 0.2) is 28.9 Å². The zero-order chi connectivity index (χ0) is 12.4. The van der Waals surface area contributed by atoms with E-state index in [-0.39, 0.29) is 0 Å². The van der Waals surface area contributed by atoms with Crippen molar-refractivity contribution in [2.75, 3.05) is 5.32 Å². The van der Waals surface area contributed by atoms with Gasteiger partial charge in [-0.1, -0.05) is 15.9 Å². The molecule has 1 N–H and O–H groups in total. The molecule has 1 aromatic carbocycles. The molecule has 0 radical (unpaired) electrons. The van der Waals surface area contributed by atoms with E-state index in [4.69, 9.17) is 0 Å². The molecular weight excluding hydrogens is 278 g/mol. The van der Waals surface area contributed by atoms with E-state index in [9.17, 15) is 0 Å². The van der Waals surface area contributed by atoms with Gasteiger partial charge in [0, 0.05) is 23.4 Å². The second-order valence-corrected chi connectivity index (χ2v) is 5.02. The highest BCUT2D eigenvalue weighted by Crippen LogP contribution is 2.25. The van der Waals surface area contributed by atoms with Gasteiger partial charge in [0.05, 0.1) is 12.2 Å². The standard InChI is InChI=1S/C13H16BrN3/c1-9-6-11(7-10(2)13(9)14)15-8-12-4-5-16-17(12)3/h4-7,15H,8H2,1-3H3.